The van der Waals surface area contributed by atoms with Crippen LogP contribution in [0.25, 0.3) is 0 Å². The maximum Gasteiger partial charge on any atom is 0.309 e. The number of carbonyl (C=O) groups is 2. The van der Waals surface area contributed by atoms with Crippen molar-refractivity contribution < 1.29 is 23.8 Å². The number of esters is 1. The van der Waals surface area contributed by atoms with Crippen molar-refractivity contribution in [1.82, 2.24) is 5.32 Å². The molecule has 0 bridgehead atoms. The predicted molar refractivity (Wildman–Crippen MR) is 89.2 cm³/mol. The minimum atomic E-state index is -0.278. The quantitative estimate of drug-likeness (QED) is 0.663. The smallest absolute Gasteiger partial charge is 0.309 e. The molecule has 2 rings (SSSR count). The summed E-state index contributed by atoms with van der Waals surface area (Å²) in [5.41, 5.74) is 1.04. The molecule has 0 radical (unpaired) electrons. The average molecular weight is 335 g/mol. The Morgan fingerprint density at radius 2 is 1.83 bits per heavy atom. The molecule has 24 heavy (non-hydrogen) atoms. The predicted octanol–water partition coefficient (Wildman–Crippen LogP) is 2.10. The summed E-state index contributed by atoms with van der Waals surface area (Å²) in [6.07, 6.45) is 2.41. The molecule has 0 saturated heterocycles. The van der Waals surface area contributed by atoms with Crippen LogP contribution in [0.4, 0.5) is 0 Å². The van der Waals surface area contributed by atoms with Crippen LogP contribution >= 0.6 is 0 Å². The Bertz CT molecular complexity index is 569. The summed E-state index contributed by atoms with van der Waals surface area (Å²) in [5.74, 6) is 0.900. The normalized spacial score (nSPS) is 13.2. The van der Waals surface area contributed by atoms with Gasteiger partial charge in [0.1, 0.15) is 0 Å². The van der Waals surface area contributed by atoms with Crippen LogP contribution in [0.3, 0.4) is 0 Å². The third-order valence-corrected chi connectivity index (χ3v) is 3.60. The lowest BCUT2D eigenvalue weighted by Gasteiger charge is -2.12. The number of amides is 1. The molecule has 1 N–H and O–H groups in total. The summed E-state index contributed by atoms with van der Waals surface area (Å²) in [6, 6.07) is 5.75. The fraction of sp³-hybridized carbons (Fsp3) is 0.556. The standard InChI is InChI=1S/C18H25NO5/c1-3-22-15-8-5-13(11-16(15)23-4-2)9-10-19-17(20)12-24-18(21)14-6-7-14/h5,8,11,14H,3-4,6-7,9-10,12H2,1-2H3,(H,19,20). The summed E-state index contributed by atoms with van der Waals surface area (Å²) in [4.78, 5) is 23.0. The van der Waals surface area contributed by atoms with Gasteiger partial charge in [-0.05, 0) is 50.8 Å². The zero-order valence-corrected chi connectivity index (χ0v) is 14.3. The molecular formula is C18H25NO5. The molecule has 0 heterocycles. The Balaban J connectivity index is 1.75. The number of carbonyl (C=O) groups excluding carboxylic acids is 2. The van der Waals surface area contributed by atoms with Gasteiger partial charge in [0.25, 0.3) is 5.91 Å². The molecule has 0 aromatic heterocycles. The van der Waals surface area contributed by atoms with E-state index in [2.05, 4.69) is 5.32 Å². The van der Waals surface area contributed by atoms with Crippen molar-refractivity contribution in [3.63, 3.8) is 0 Å². The van der Waals surface area contributed by atoms with Gasteiger partial charge in [-0.2, -0.15) is 0 Å². The van der Waals surface area contributed by atoms with Crippen molar-refractivity contribution in [3.8, 4) is 11.5 Å². The SMILES string of the molecule is CCOc1ccc(CCNC(=O)COC(=O)C2CC2)cc1OCC. The molecular weight excluding hydrogens is 310 g/mol. The second-order valence-electron chi connectivity index (χ2n) is 5.63. The highest BCUT2D eigenvalue weighted by Gasteiger charge is 2.31. The van der Waals surface area contributed by atoms with Gasteiger partial charge in [-0.15, -0.1) is 0 Å². The first-order valence-corrected chi connectivity index (χ1v) is 8.45. The van der Waals surface area contributed by atoms with E-state index in [1.807, 2.05) is 32.0 Å². The van der Waals surface area contributed by atoms with Gasteiger partial charge < -0.3 is 19.5 Å². The number of ether oxygens (including phenoxy) is 3. The fourth-order valence-corrected chi connectivity index (χ4v) is 2.22. The summed E-state index contributed by atoms with van der Waals surface area (Å²) in [7, 11) is 0. The molecule has 1 aromatic rings. The zero-order valence-electron chi connectivity index (χ0n) is 14.3. The van der Waals surface area contributed by atoms with Crippen LogP contribution in [0.1, 0.15) is 32.3 Å². The Morgan fingerprint density at radius 3 is 2.50 bits per heavy atom. The summed E-state index contributed by atoms with van der Waals surface area (Å²) in [5, 5.41) is 2.75. The third kappa shape index (κ3) is 5.76. The van der Waals surface area contributed by atoms with Crippen molar-refractivity contribution in [2.45, 2.75) is 33.1 Å². The van der Waals surface area contributed by atoms with Crippen LogP contribution in [0.2, 0.25) is 0 Å². The molecule has 6 nitrogen and oxygen atoms in total. The van der Waals surface area contributed by atoms with E-state index in [4.69, 9.17) is 14.2 Å². The molecule has 132 valence electrons. The van der Waals surface area contributed by atoms with E-state index in [9.17, 15) is 9.59 Å². The lowest BCUT2D eigenvalue weighted by Crippen LogP contribution is -2.30. The lowest BCUT2D eigenvalue weighted by molar-refractivity contribution is -0.149. The number of hydrogen-bond donors (Lipinski definition) is 1. The number of rotatable bonds is 10. The molecule has 1 amide bonds. The van der Waals surface area contributed by atoms with Crippen LogP contribution in [-0.2, 0) is 20.7 Å². The molecule has 0 atom stereocenters. The van der Waals surface area contributed by atoms with Crippen LogP contribution < -0.4 is 14.8 Å². The maximum absolute atomic E-state index is 11.7. The summed E-state index contributed by atoms with van der Waals surface area (Å²) >= 11 is 0. The highest BCUT2D eigenvalue weighted by atomic mass is 16.5. The molecule has 1 aromatic carbocycles. The first-order valence-electron chi connectivity index (χ1n) is 8.45. The highest BCUT2D eigenvalue weighted by Crippen LogP contribution is 2.30. The Hall–Kier alpha value is -2.24. The highest BCUT2D eigenvalue weighted by molar-refractivity contribution is 5.82. The fourth-order valence-electron chi connectivity index (χ4n) is 2.22. The van der Waals surface area contributed by atoms with E-state index in [1.54, 1.807) is 0 Å². The zero-order chi connectivity index (χ0) is 17.4. The minimum Gasteiger partial charge on any atom is -0.490 e. The van der Waals surface area contributed by atoms with Gasteiger partial charge in [0.15, 0.2) is 18.1 Å². The van der Waals surface area contributed by atoms with Gasteiger partial charge >= 0.3 is 5.97 Å². The van der Waals surface area contributed by atoms with E-state index in [0.717, 1.165) is 24.2 Å². The molecule has 1 aliphatic rings. The van der Waals surface area contributed by atoms with Crippen molar-refractivity contribution in [3.05, 3.63) is 23.8 Å². The Labute approximate surface area is 142 Å². The topological polar surface area (TPSA) is 73.9 Å². The number of nitrogens with one attached hydrogen (secondary N) is 1. The van der Waals surface area contributed by atoms with E-state index >= 15 is 0 Å². The molecule has 0 aliphatic heterocycles. The van der Waals surface area contributed by atoms with Gasteiger partial charge in [-0.25, -0.2) is 0 Å². The number of hydrogen-bond acceptors (Lipinski definition) is 5. The van der Waals surface area contributed by atoms with Crippen molar-refractivity contribution in [2.24, 2.45) is 5.92 Å². The van der Waals surface area contributed by atoms with E-state index in [1.165, 1.54) is 0 Å². The Morgan fingerprint density at radius 1 is 1.12 bits per heavy atom. The third-order valence-electron chi connectivity index (χ3n) is 3.60. The molecule has 1 saturated carbocycles. The maximum atomic E-state index is 11.7. The summed E-state index contributed by atoms with van der Waals surface area (Å²) < 4.78 is 16.0. The van der Waals surface area contributed by atoms with Crippen LogP contribution in [0.5, 0.6) is 11.5 Å². The van der Waals surface area contributed by atoms with Crippen LogP contribution in [-0.4, -0.2) is 38.2 Å². The monoisotopic (exact) mass is 335 g/mol. The Kier molecular flexibility index (Phi) is 6.90. The second-order valence-corrected chi connectivity index (χ2v) is 5.63. The van der Waals surface area contributed by atoms with Gasteiger partial charge in [-0.3, -0.25) is 9.59 Å². The molecule has 0 unspecified atom stereocenters. The molecule has 6 heteroatoms. The lowest BCUT2D eigenvalue weighted by atomic mass is 10.1. The second kappa shape index (κ2) is 9.15. The first-order chi connectivity index (χ1) is 11.6. The van der Waals surface area contributed by atoms with Crippen molar-refractivity contribution in [1.29, 1.82) is 0 Å². The van der Waals surface area contributed by atoms with Gasteiger partial charge in [0, 0.05) is 6.54 Å². The molecule has 1 fully saturated rings. The van der Waals surface area contributed by atoms with Crippen molar-refractivity contribution >= 4 is 11.9 Å². The van der Waals surface area contributed by atoms with E-state index < -0.39 is 0 Å². The molecule has 1 aliphatic carbocycles. The number of benzene rings is 1. The van der Waals surface area contributed by atoms with Crippen LogP contribution in [0.15, 0.2) is 18.2 Å². The van der Waals surface area contributed by atoms with Gasteiger partial charge in [0.05, 0.1) is 19.1 Å². The van der Waals surface area contributed by atoms with Gasteiger partial charge in [-0.1, -0.05) is 6.07 Å². The van der Waals surface area contributed by atoms with E-state index in [-0.39, 0.29) is 24.4 Å². The van der Waals surface area contributed by atoms with E-state index in [0.29, 0.717) is 31.9 Å². The largest absolute Gasteiger partial charge is 0.490 e. The minimum absolute atomic E-state index is 0.0126. The molecule has 0 spiro atoms. The summed E-state index contributed by atoms with van der Waals surface area (Å²) in [6.45, 7) is 5.25. The van der Waals surface area contributed by atoms with Crippen molar-refractivity contribution in [2.75, 3.05) is 26.4 Å². The van der Waals surface area contributed by atoms with Gasteiger partial charge in [0.2, 0.25) is 0 Å². The average Bonchev–Trinajstić information content (AvgIpc) is 3.40. The first kappa shape index (κ1) is 18.1. The van der Waals surface area contributed by atoms with Crippen LogP contribution in [0, 0.1) is 5.92 Å².